The number of halogens is 1. The third-order valence-corrected chi connectivity index (χ3v) is 7.40. The Morgan fingerprint density at radius 2 is 1.67 bits per heavy atom. The van der Waals surface area contributed by atoms with Crippen molar-refractivity contribution in [2.45, 2.75) is 40.2 Å². The Morgan fingerprint density at radius 1 is 0.957 bits per heavy atom. The number of nitriles is 1. The van der Waals surface area contributed by atoms with Gasteiger partial charge in [0.2, 0.25) is 0 Å². The van der Waals surface area contributed by atoms with Gasteiger partial charge in [-0.25, -0.2) is 0 Å². The Bertz CT molecular complexity index is 1770. The minimum atomic E-state index is -0.766. The van der Waals surface area contributed by atoms with Gasteiger partial charge in [0.15, 0.2) is 11.5 Å². The lowest BCUT2D eigenvalue weighted by Crippen LogP contribution is -2.42. The molecule has 0 aliphatic carbocycles. The number of methoxy groups -OCH3 is 1. The number of carbonyl (C=O) groups is 2. The quantitative estimate of drug-likeness (QED) is 0.112. The van der Waals surface area contributed by atoms with Crippen molar-refractivity contribution in [3.05, 3.63) is 58.7 Å². The molecule has 0 fully saturated rings. The number of hydrogen-bond acceptors (Lipinski definition) is 11. The number of fused-ring (bicyclic) bond motifs is 2. The fourth-order valence-electron chi connectivity index (χ4n) is 4.88. The number of nitrogens with zero attached hydrogens (tertiary/aromatic N) is 2. The van der Waals surface area contributed by atoms with Gasteiger partial charge in [-0.15, -0.1) is 0 Å². The van der Waals surface area contributed by atoms with Gasteiger partial charge in [-0.1, -0.05) is 11.6 Å². The normalized spacial score (nSPS) is 11.5. The number of carbonyl (C=O) groups excluding carboxylic acids is 2. The molecule has 46 heavy (non-hydrogen) atoms. The summed E-state index contributed by atoms with van der Waals surface area (Å²) in [7, 11) is 1.55. The third-order valence-electron chi connectivity index (χ3n) is 7.10. The zero-order valence-electron chi connectivity index (χ0n) is 26.5. The van der Waals surface area contributed by atoms with Gasteiger partial charge in [-0.2, -0.15) is 5.26 Å². The first-order valence-electron chi connectivity index (χ1n) is 15.0. The summed E-state index contributed by atoms with van der Waals surface area (Å²) >= 11 is 6.31. The molecule has 4 aromatic rings. The molecule has 0 saturated heterocycles. The first-order valence-corrected chi connectivity index (χ1v) is 15.3. The number of benzene rings is 3. The van der Waals surface area contributed by atoms with Crippen molar-refractivity contribution >= 4 is 56.6 Å². The predicted molar refractivity (Wildman–Crippen MR) is 176 cm³/mol. The Hall–Kier alpha value is -4.79. The van der Waals surface area contributed by atoms with Crippen LogP contribution in [0.5, 0.6) is 17.2 Å². The van der Waals surface area contributed by atoms with E-state index < -0.39 is 18.0 Å². The van der Waals surface area contributed by atoms with Crippen molar-refractivity contribution in [2.75, 3.05) is 45.4 Å². The molecule has 0 amide bonds. The number of pyridine rings is 1. The highest BCUT2D eigenvalue weighted by atomic mass is 35.5. The maximum Gasteiger partial charge on any atom is 0.323 e. The van der Waals surface area contributed by atoms with Crippen LogP contribution in [0.15, 0.2) is 42.6 Å². The van der Waals surface area contributed by atoms with Gasteiger partial charge in [0.25, 0.3) is 0 Å². The highest BCUT2D eigenvalue weighted by molar-refractivity contribution is 6.32. The molecule has 0 saturated carbocycles. The molecular weight excluding hydrogens is 612 g/mol. The lowest BCUT2D eigenvalue weighted by Gasteiger charge is -2.19. The molecule has 0 aliphatic heterocycles. The molecular formula is C34H37ClN4O7. The largest absolute Gasteiger partial charge is 0.495 e. The zero-order chi connectivity index (χ0) is 33.2. The van der Waals surface area contributed by atoms with E-state index >= 15 is 0 Å². The summed E-state index contributed by atoms with van der Waals surface area (Å²) in [6.07, 6.45) is 1.77. The monoisotopic (exact) mass is 648 g/mol. The molecule has 0 radical (unpaired) electrons. The van der Waals surface area contributed by atoms with Crippen molar-refractivity contribution in [1.82, 2.24) is 10.3 Å². The van der Waals surface area contributed by atoms with E-state index in [4.69, 9.17) is 35.3 Å². The number of aryl methyl sites for hydroxylation is 1. The van der Waals surface area contributed by atoms with Crippen molar-refractivity contribution in [2.24, 2.45) is 0 Å². The topological polar surface area (TPSA) is 141 Å². The van der Waals surface area contributed by atoms with Gasteiger partial charge in [0.05, 0.1) is 61.9 Å². The van der Waals surface area contributed by atoms with Gasteiger partial charge < -0.3 is 29.0 Å². The van der Waals surface area contributed by atoms with Crippen molar-refractivity contribution in [3.63, 3.8) is 0 Å². The fourth-order valence-corrected chi connectivity index (χ4v) is 5.17. The minimum Gasteiger partial charge on any atom is -0.495 e. The maximum absolute atomic E-state index is 12.5. The fraction of sp³-hybridized carbons (Fsp3) is 0.353. The predicted octanol–water partition coefficient (Wildman–Crippen LogP) is 6.23. The van der Waals surface area contributed by atoms with E-state index in [1.165, 1.54) is 6.20 Å². The van der Waals surface area contributed by atoms with Crippen LogP contribution < -0.4 is 24.8 Å². The van der Waals surface area contributed by atoms with E-state index in [1.54, 1.807) is 33.1 Å². The molecule has 11 nitrogen and oxygen atoms in total. The Labute approximate surface area is 272 Å². The lowest BCUT2D eigenvalue weighted by molar-refractivity contribution is -0.147. The van der Waals surface area contributed by atoms with Crippen molar-refractivity contribution in [3.8, 4) is 23.3 Å². The van der Waals surface area contributed by atoms with Crippen LogP contribution in [0.4, 0.5) is 11.4 Å². The number of nitrogens with one attached hydrogen (secondary N) is 2. The molecule has 2 N–H and O–H groups in total. The number of rotatable bonds is 15. The Balaban J connectivity index is 1.66. The van der Waals surface area contributed by atoms with Crippen LogP contribution in [0.3, 0.4) is 0 Å². The first-order chi connectivity index (χ1) is 22.2. The summed E-state index contributed by atoms with van der Waals surface area (Å²) in [4.78, 5) is 28.9. The van der Waals surface area contributed by atoms with E-state index in [-0.39, 0.29) is 32.8 Å². The summed E-state index contributed by atoms with van der Waals surface area (Å²) in [6.45, 7) is 8.08. The molecule has 1 unspecified atom stereocenters. The maximum atomic E-state index is 12.5. The van der Waals surface area contributed by atoms with Gasteiger partial charge in [0.1, 0.15) is 17.9 Å². The summed E-state index contributed by atoms with van der Waals surface area (Å²) in [6, 6.07) is 12.7. The van der Waals surface area contributed by atoms with Crippen LogP contribution in [0, 0.1) is 18.3 Å². The number of aromatic nitrogens is 1. The number of hydrogen-bond donors (Lipinski definition) is 2. The van der Waals surface area contributed by atoms with Gasteiger partial charge in [-0.05, 0) is 74.4 Å². The molecule has 242 valence electrons. The number of ether oxygens (including phenoxy) is 5. The van der Waals surface area contributed by atoms with Gasteiger partial charge >= 0.3 is 11.9 Å². The second kappa shape index (κ2) is 16.0. The average molecular weight is 649 g/mol. The molecule has 12 heteroatoms. The van der Waals surface area contributed by atoms with Crippen LogP contribution in [-0.4, -0.2) is 63.0 Å². The van der Waals surface area contributed by atoms with Crippen LogP contribution in [0.25, 0.3) is 21.7 Å². The van der Waals surface area contributed by atoms with Crippen LogP contribution in [0.2, 0.25) is 5.02 Å². The standard InChI is InChI=1S/C34H37ClN4O7/c1-6-43-30-14-21-12-24-28(37-18-23(17-36)33(24)39-27-16-29(42-5)25(35)11-20(27)4)13-22(21)15-31(30)46-10-9-26(34(41)45-8-3)38-19-32(40)44-7-2/h11-16,18,26,38H,6-10,19H2,1-5H3,(H,37,39). The zero-order valence-corrected chi connectivity index (χ0v) is 27.2. The van der Waals surface area contributed by atoms with Crippen molar-refractivity contribution < 1.29 is 33.3 Å². The molecule has 1 atom stereocenters. The molecule has 0 spiro atoms. The molecule has 3 aromatic carbocycles. The van der Waals surface area contributed by atoms with E-state index in [0.29, 0.717) is 45.6 Å². The highest BCUT2D eigenvalue weighted by Gasteiger charge is 2.22. The second-order valence-electron chi connectivity index (χ2n) is 10.2. The summed E-state index contributed by atoms with van der Waals surface area (Å²) in [5, 5.41) is 19.1. The molecule has 1 aromatic heterocycles. The molecule has 0 bridgehead atoms. The van der Waals surface area contributed by atoms with Crippen molar-refractivity contribution in [1.29, 1.82) is 5.26 Å². The molecule has 1 heterocycles. The highest BCUT2D eigenvalue weighted by Crippen LogP contribution is 2.39. The smallest absolute Gasteiger partial charge is 0.323 e. The first kappa shape index (κ1) is 34.1. The summed E-state index contributed by atoms with van der Waals surface area (Å²) in [5.41, 5.74) is 3.25. The Kier molecular flexibility index (Phi) is 11.8. The second-order valence-corrected chi connectivity index (χ2v) is 10.6. The summed E-state index contributed by atoms with van der Waals surface area (Å²) in [5.74, 6) is 0.561. The third kappa shape index (κ3) is 8.07. The number of esters is 2. The van der Waals surface area contributed by atoms with Crippen LogP contribution in [-0.2, 0) is 19.1 Å². The molecule has 4 rings (SSSR count). The summed E-state index contributed by atoms with van der Waals surface area (Å²) < 4.78 is 27.6. The van der Waals surface area contributed by atoms with E-state index in [9.17, 15) is 14.9 Å². The minimum absolute atomic E-state index is 0.132. The van der Waals surface area contributed by atoms with Gasteiger partial charge in [-0.3, -0.25) is 19.9 Å². The van der Waals surface area contributed by atoms with E-state index in [2.05, 4.69) is 21.7 Å². The molecule has 0 aliphatic rings. The van der Waals surface area contributed by atoms with Gasteiger partial charge in [0, 0.05) is 29.8 Å². The van der Waals surface area contributed by atoms with Crippen LogP contribution >= 0.6 is 11.6 Å². The Morgan fingerprint density at radius 3 is 2.35 bits per heavy atom. The average Bonchev–Trinajstić information content (AvgIpc) is 3.03. The number of anilines is 2. The SMILES string of the molecule is CCOC(=O)CNC(CCOc1cc2cc3ncc(C#N)c(Nc4cc(OC)c(Cl)cc4C)c3cc2cc1OCC)C(=O)OCC. The van der Waals surface area contributed by atoms with Crippen LogP contribution in [0.1, 0.15) is 38.3 Å². The lowest BCUT2D eigenvalue weighted by atomic mass is 10.0. The van der Waals surface area contributed by atoms with E-state index in [0.717, 1.165) is 27.4 Å². The van der Waals surface area contributed by atoms with E-state index in [1.807, 2.05) is 38.1 Å².